The molecule has 0 radical (unpaired) electrons. The second-order valence-electron chi connectivity index (χ2n) is 5.15. The Labute approximate surface area is 127 Å². The van der Waals surface area contributed by atoms with Crippen LogP contribution in [0.5, 0.6) is 0 Å². The number of amides is 2. The summed E-state index contributed by atoms with van der Waals surface area (Å²) >= 11 is 0. The molecule has 1 aromatic heterocycles. The highest BCUT2D eigenvalue weighted by Crippen LogP contribution is 2.18. The predicted molar refractivity (Wildman–Crippen MR) is 81.6 cm³/mol. The zero-order chi connectivity index (χ0) is 15.5. The van der Waals surface area contributed by atoms with Gasteiger partial charge >= 0.3 is 0 Å². The molecule has 22 heavy (non-hydrogen) atoms. The average molecular weight is 297 g/mol. The Balaban J connectivity index is 1.73. The predicted octanol–water partition coefficient (Wildman–Crippen LogP) is 2.39. The number of nitrogens with zero attached hydrogens (tertiary/aromatic N) is 1. The number of carbonyl (C=O) groups excluding carboxylic acids is 2. The first-order valence-electron chi connectivity index (χ1n) is 6.95. The molecule has 112 valence electrons. The minimum atomic E-state index is -0.298. The molecule has 0 bridgehead atoms. The van der Waals surface area contributed by atoms with E-state index in [0.29, 0.717) is 12.1 Å². The number of rotatable bonds is 3. The lowest BCUT2D eigenvalue weighted by Crippen LogP contribution is -2.31. The van der Waals surface area contributed by atoms with E-state index in [0.717, 1.165) is 11.3 Å². The SMILES string of the molecule is CC1CC(=O)NN=C1c1ccc(NC(=O)c2ccco2)cc1. The van der Waals surface area contributed by atoms with Gasteiger partial charge in [-0.05, 0) is 29.8 Å². The van der Waals surface area contributed by atoms with Gasteiger partial charge < -0.3 is 9.73 Å². The summed E-state index contributed by atoms with van der Waals surface area (Å²) < 4.78 is 5.04. The number of benzene rings is 1. The summed E-state index contributed by atoms with van der Waals surface area (Å²) in [5.74, 6) is -0.0404. The minimum Gasteiger partial charge on any atom is -0.459 e. The number of carbonyl (C=O) groups is 2. The van der Waals surface area contributed by atoms with E-state index >= 15 is 0 Å². The van der Waals surface area contributed by atoms with Crippen molar-refractivity contribution in [1.82, 2.24) is 5.43 Å². The summed E-state index contributed by atoms with van der Waals surface area (Å²) in [7, 11) is 0. The monoisotopic (exact) mass is 297 g/mol. The standard InChI is InChI=1S/C16H15N3O3/c1-10-9-14(20)18-19-15(10)11-4-6-12(7-5-11)17-16(21)13-3-2-8-22-13/h2-8,10H,9H2,1H3,(H,17,21)(H,18,20). The Morgan fingerprint density at radius 2 is 2.09 bits per heavy atom. The molecular formula is C16H15N3O3. The second kappa shape index (κ2) is 5.85. The molecule has 6 nitrogen and oxygen atoms in total. The maximum Gasteiger partial charge on any atom is 0.291 e. The van der Waals surface area contributed by atoms with Gasteiger partial charge in [0.1, 0.15) is 0 Å². The van der Waals surface area contributed by atoms with Crippen LogP contribution < -0.4 is 10.7 Å². The van der Waals surface area contributed by atoms with Crippen molar-refractivity contribution >= 4 is 23.2 Å². The number of nitrogens with one attached hydrogen (secondary N) is 2. The molecular weight excluding hydrogens is 282 g/mol. The van der Waals surface area contributed by atoms with Crippen LogP contribution in [0.1, 0.15) is 29.5 Å². The topological polar surface area (TPSA) is 83.7 Å². The second-order valence-corrected chi connectivity index (χ2v) is 5.15. The van der Waals surface area contributed by atoms with Gasteiger partial charge in [0, 0.05) is 18.0 Å². The summed E-state index contributed by atoms with van der Waals surface area (Å²) in [5.41, 5.74) is 4.91. The van der Waals surface area contributed by atoms with Crippen molar-refractivity contribution in [1.29, 1.82) is 0 Å². The molecule has 1 aliphatic heterocycles. The van der Waals surface area contributed by atoms with Crippen molar-refractivity contribution in [2.24, 2.45) is 11.0 Å². The van der Waals surface area contributed by atoms with E-state index in [1.807, 2.05) is 19.1 Å². The minimum absolute atomic E-state index is 0.0670. The fraction of sp³-hybridized carbons (Fsp3) is 0.188. The molecule has 2 heterocycles. The van der Waals surface area contributed by atoms with E-state index < -0.39 is 0 Å². The first-order valence-corrected chi connectivity index (χ1v) is 6.95. The number of furan rings is 1. The zero-order valence-corrected chi connectivity index (χ0v) is 12.0. The lowest BCUT2D eigenvalue weighted by atomic mass is 9.94. The van der Waals surface area contributed by atoms with E-state index in [4.69, 9.17) is 4.42 Å². The van der Waals surface area contributed by atoms with Gasteiger partial charge in [-0.3, -0.25) is 9.59 Å². The first kappa shape index (κ1) is 14.1. The quantitative estimate of drug-likeness (QED) is 0.912. The molecule has 2 N–H and O–H groups in total. The Bertz CT molecular complexity index is 718. The normalized spacial score (nSPS) is 17.6. The Morgan fingerprint density at radius 3 is 2.73 bits per heavy atom. The third-order valence-electron chi connectivity index (χ3n) is 3.44. The van der Waals surface area contributed by atoms with Gasteiger partial charge in [-0.15, -0.1) is 0 Å². The van der Waals surface area contributed by atoms with Crippen LogP contribution >= 0.6 is 0 Å². The van der Waals surface area contributed by atoms with Crippen LogP contribution in [0, 0.1) is 5.92 Å². The Morgan fingerprint density at radius 1 is 1.32 bits per heavy atom. The molecule has 2 amide bonds. The van der Waals surface area contributed by atoms with E-state index in [1.54, 1.807) is 24.3 Å². The lowest BCUT2D eigenvalue weighted by Gasteiger charge is -2.19. The highest BCUT2D eigenvalue weighted by atomic mass is 16.3. The highest BCUT2D eigenvalue weighted by Gasteiger charge is 2.21. The zero-order valence-electron chi connectivity index (χ0n) is 12.0. The molecule has 0 saturated carbocycles. The van der Waals surface area contributed by atoms with Gasteiger partial charge in [-0.2, -0.15) is 5.10 Å². The maximum absolute atomic E-state index is 11.9. The van der Waals surface area contributed by atoms with Crippen LogP contribution in [0.3, 0.4) is 0 Å². The molecule has 1 unspecified atom stereocenters. The average Bonchev–Trinajstić information content (AvgIpc) is 3.03. The summed E-state index contributed by atoms with van der Waals surface area (Å²) in [4.78, 5) is 23.1. The molecule has 6 heteroatoms. The van der Waals surface area contributed by atoms with Gasteiger partial charge in [0.15, 0.2) is 5.76 Å². The third-order valence-corrected chi connectivity index (χ3v) is 3.44. The molecule has 3 rings (SSSR count). The summed E-state index contributed by atoms with van der Waals surface area (Å²) in [6, 6.07) is 10.6. The van der Waals surface area contributed by atoms with E-state index in [1.165, 1.54) is 6.26 Å². The van der Waals surface area contributed by atoms with Crippen molar-refractivity contribution in [2.75, 3.05) is 5.32 Å². The molecule has 1 aromatic carbocycles. The lowest BCUT2D eigenvalue weighted by molar-refractivity contribution is -0.121. The third kappa shape index (κ3) is 2.90. The van der Waals surface area contributed by atoms with Crippen LogP contribution in [0.15, 0.2) is 52.2 Å². The fourth-order valence-electron chi connectivity index (χ4n) is 2.33. The summed E-state index contributed by atoms with van der Waals surface area (Å²) in [6.45, 7) is 1.96. The van der Waals surface area contributed by atoms with Crippen LogP contribution in [-0.2, 0) is 4.79 Å². The van der Waals surface area contributed by atoms with Gasteiger partial charge in [0.05, 0.1) is 12.0 Å². The van der Waals surface area contributed by atoms with Crippen molar-refractivity contribution in [3.63, 3.8) is 0 Å². The molecule has 0 aliphatic carbocycles. The van der Waals surface area contributed by atoms with Crippen molar-refractivity contribution < 1.29 is 14.0 Å². The van der Waals surface area contributed by atoms with E-state index in [2.05, 4.69) is 15.8 Å². The molecule has 0 spiro atoms. The van der Waals surface area contributed by atoms with Crippen molar-refractivity contribution in [2.45, 2.75) is 13.3 Å². The van der Waals surface area contributed by atoms with Crippen molar-refractivity contribution in [3.05, 3.63) is 54.0 Å². The number of hydrogen-bond acceptors (Lipinski definition) is 4. The molecule has 1 atom stereocenters. The van der Waals surface area contributed by atoms with Gasteiger partial charge in [0.2, 0.25) is 5.91 Å². The number of hydrazone groups is 1. The molecule has 2 aromatic rings. The Kier molecular flexibility index (Phi) is 3.74. The highest BCUT2D eigenvalue weighted by molar-refractivity contribution is 6.06. The van der Waals surface area contributed by atoms with Crippen LogP contribution in [0.2, 0.25) is 0 Å². The van der Waals surface area contributed by atoms with Gasteiger partial charge in [0.25, 0.3) is 5.91 Å². The summed E-state index contributed by atoms with van der Waals surface area (Å²) in [5, 5.41) is 6.86. The molecule has 0 fully saturated rings. The molecule has 1 aliphatic rings. The molecule has 0 saturated heterocycles. The summed E-state index contributed by atoms with van der Waals surface area (Å²) in [6.07, 6.45) is 1.88. The van der Waals surface area contributed by atoms with Crippen LogP contribution in [0.4, 0.5) is 5.69 Å². The van der Waals surface area contributed by atoms with Gasteiger partial charge in [-0.1, -0.05) is 19.1 Å². The number of hydrogen-bond donors (Lipinski definition) is 2. The smallest absolute Gasteiger partial charge is 0.291 e. The number of anilines is 1. The Hall–Kier alpha value is -2.89. The van der Waals surface area contributed by atoms with Crippen LogP contribution in [0.25, 0.3) is 0 Å². The van der Waals surface area contributed by atoms with Crippen LogP contribution in [-0.4, -0.2) is 17.5 Å². The van der Waals surface area contributed by atoms with E-state index in [9.17, 15) is 9.59 Å². The largest absolute Gasteiger partial charge is 0.459 e. The van der Waals surface area contributed by atoms with E-state index in [-0.39, 0.29) is 23.5 Å². The fourth-order valence-corrected chi connectivity index (χ4v) is 2.33. The first-order chi connectivity index (χ1) is 10.6. The maximum atomic E-state index is 11.9. The van der Waals surface area contributed by atoms with Crippen molar-refractivity contribution in [3.8, 4) is 0 Å². The van der Waals surface area contributed by atoms with Gasteiger partial charge in [-0.25, -0.2) is 5.43 Å².